The van der Waals surface area contributed by atoms with Crippen molar-refractivity contribution < 1.29 is 19.1 Å². The van der Waals surface area contributed by atoms with Crippen LogP contribution in [-0.2, 0) is 11.3 Å². The standard InChI is InChI=1S/C22H17N5O4/c1-31-14-7-6-13-11-27(19(28)16(13)10-14)12-22(20(29)23-21(30)24-22)9-8-18-15-4-2-3-5-17(15)25-26-18/h2-7,10H,11-12H2,1H3,(H,25,26)(H2,23,24,29,30)/t22-/m1/s1. The van der Waals surface area contributed by atoms with Crippen LogP contribution in [0.1, 0.15) is 21.6 Å². The lowest BCUT2D eigenvalue weighted by Gasteiger charge is -2.26. The lowest BCUT2D eigenvalue weighted by molar-refractivity contribution is -0.122. The number of aromatic amines is 1. The molecule has 1 saturated heterocycles. The third-order valence-electron chi connectivity index (χ3n) is 5.43. The van der Waals surface area contributed by atoms with Gasteiger partial charge >= 0.3 is 6.03 Å². The number of H-pyrrole nitrogens is 1. The maximum absolute atomic E-state index is 13.0. The van der Waals surface area contributed by atoms with Gasteiger partial charge in [0.1, 0.15) is 11.4 Å². The third-order valence-corrected chi connectivity index (χ3v) is 5.43. The normalized spacial score (nSPS) is 19.6. The van der Waals surface area contributed by atoms with Gasteiger partial charge in [-0.25, -0.2) is 4.79 Å². The summed E-state index contributed by atoms with van der Waals surface area (Å²) < 4.78 is 5.20. The number of ether oxygens (including phenoxy) is 1. The van der Waals surface area contributed by atoms with Gasteiger partial charge in [0, 0.05) is 17.5 Å². The van der Waals surface area contributed by atoms with Crippen molar-refractivity contribution in [2.24, 2.45) is 0 Å². The van der Waals surface area contributed by atoms with Crippen molar-refractivity contribution >= 4 is 28.7 Å². The van der Waals surface area contributed by atoms with Gasteiger partial charge < -0.3 is 15.0 Å². The van der Waals surface area contributed by atoms with Crippen LogP contribution in [0.3, 0.4) is 0 Å². The summed E-state index contributed by atoms with van der Waals surface area (Å²) in [4.78, 5) is 39.1. The minimum Gasteiger partial charge on any atom is -0.497 e. The van der Waals surface area contributed by atoms with Crippen LogP contribution < -0.4 is 15.4 Å². The molecule has 31 heavy (non-hydrogen) atoms. The molecule has 0 unspecified atom stereocenters. The average molecular weight is 415 g/mol. The molecule has 2 aromatic carbocycles. The van der Waals surface area contributed by atoms with Gasteiger partial charge in [-0.1, -0.05) is 24.1 Å². The van der Waals surface area contributed by atoms with Gasteiger partial charge in [-0.3, -0.25) is 20.0 Å². The number of benzene rings is 2. The molecule has 2 aliphatic rings. The highest BCUT2D eigenvalue weighted by Crippen LogP contribution is 2.28. The number of hydrogen-bond acceptors (Lipinski definition) is 5. The first-order chi connectivity index (χ1) is 15.0. The number of aromatic nitrogens is 2. The molecule has 0 spiro atoms. The van der Waals surface area contributed by atoms with E-state index in [9.17, 15) is 14.4 Å². The number of carbonyl (C=O) groups is 3. The number of hydrogen-bond donors (Lipinski definition) is 3. The Labute approximate surface area is 176 Å². The molecular formula is C22H17N5O4. The first-order valence-corrected chi connectivity index (χ1v) is 9.55. The largest absolute Gasteiger partial charge is 0.497 e. The zero-order valence-electron chi connectivity index (χ0n) is 16.5. The van der Waals surface area contributed by atoms with E-state index in [-0.39, 0.29) is 12.5 Å². The zero-order chi connectivity index (χ0) is 21.6. The SMILES string of the molecule is COc1ccc2c(c1)C(=O)N(C[C@@]1(C#Cc3n[nH]c4ccccc34)NC(=O)NC1=O)C2. The van der Waals surface area contributed by atoms with Gasteiger partial charge in [0.05, 0.1) is 19.2 Å². The molecule has 2 aliphatic heterocycles. The second-order valence-electron chi connectivity index (χ2n) is 7.37. The number of carbonyl (C=O) groups excluding carboxylic acids is 3. The molecule has 1 fully saturated rings. The van der Waals surface area contributed by atoms with Crippen molar-refractivity contribution in [3.63, 3.8) is 0 Å². The average Bonchev–Trinajstić information content (AvgIpc) is 3.41. The molecule has 0 bridgehead atoms. The fourth-order valence-electron chi connectivity index (χ4n) is 3.84. The summed E-state index contributed by atoms with van der Waals surface area (Å²) in [5.41, 5.74) is 0.992. The number of nitrogens with zero attached hydrogens (tertiary/aromatic N) is 2. The number of para-hydroxylation sites is 1. The second-order valence-corrected chi connectivity index (χ2v) is 7.37. The van der Waals surface area contributed by atoms with E-state index in [0.717, 1.165) is 16.5 Å². The third kappa shape index (κ3) is 3.05. The summed E-state index contributed by atoms with van der Waals surface area (Å²) in [7, 11) is 1.53. The number of amides is 4. The smallest absolute Gasteiger partial charge is 0.323 e. The van der Waals surface area contributed by atoms with E-state index < -0.39 is 17.5 Å². The molecule has 3 heterocycles. The van der Waals surface area contributed by atoms with E-state index in [2.05, 4.69) is 32.7 Å². The van der Waals surface area contributed by atoms with Crippen molar-refractivity contribution in [3.05, 3.63) is 59.3 Å². The molecule has 5 rings (SSSR count). The van der Waals surface area contributed by atoms with Crippen LogP contribution >= 0.6 is 0 Å². The fourth-order valence-corrected chi connectivity index (χ4v) is 3.84. The monoisotopic (exact) mass is 415 g/mol. The van der Waals surface area contributed by atoms with E-state index in [4.69, 9.17) is 4.74 Å². The minimum atomic E-state index is -1.58. The number of nitrogens with one attached hydrogen (secondary N) is 3. The van der Waals surface area contributed by atoms with E-state index in [0.29, 0.717) is 23.6 Å². The molecule has 9 heteroatoms. The number of fused-ring (bicyclic) bond motifs is 2. The summed E-state index contributed by atoms with van der Waals surface area (Å²) in [6, 6.07) is 12.0. The van der Waals surface area contributed by atoms with Crippen LogP contribution in [0.25, 0.3) is 10.9 Å². The van der Waals surface area contributed by atoms with E-state index in [1.807, 2.05) is 30.3 Å². The van der Waals surface area contributed by atoms with Crippen LogP contribution in [-0.4, -0.2) is 52.1 Å². The summed E-state index contributed by atoms with van der Waals surface area (Å²) in [5, 5.41) is 12.7. The Bertz CT molecular complexity index is 1320. The highest BCUT2D eigenvalue weighted by Gasteiger charge is 2.48. The Morgan fingerprint density at radius 3 is 2.81 bits per heavy atom. The Morgan fingerprint density at radius 1 is 1.19 bits per heavy atom. The summed E-state index contributed by atoms with van der Waals surface area (Å²) in [6.07, 6.45) is 0. The molecule has 3 aromatic rings. The Kier molecular flexibility index (Phi) is 4.15. The van der Waals surface area contributed by atoms with Crippen LogP contribution in [0.4, 0.5) is 4.79 Å². The molecule has 1 atom stereocenters. The number of imide groups is 1. The second kappa shape index (κ2) is 6.88. The van der Waals surface area contributed by atoms with Crippen molar-refractivity contribution in [2.45, 2.75) is 12.1 Å². The predicted octanol–water partition coefficient (Wildman–Crippen LogP) is 1.16. The van der Waals surface area contributed by atoms with E-state index >= 15 is 0 Å². The van der Waals surface area contributed by atoms with Gasteiger partial charge in [-0.15, -0.1) is 0 Å². The number of urea groups is 1. The van der Waals surface area contributed by atoms with E-state index in [1.165, 1.54) is 12.0 Å². The maximum atomic E-state index is 13.0. The Hall–Kier alpha value is -4.32. The number of methoxy groups -OCH3 is 1. The fraction of sp³-hybridized carbons (Fsp3) is 0.182. The maximum Gasteiger partial charge on any atom is 0.323 e. The molecule has 1 aromatic heterocycles. The molecule has 0 saturated carbocycles. The highest BCUT2D eigenvalue weighted by molar-refractivity contribution is 6.10. The van der Waals surface area contributed by atoms with Crippen LogP contribution in [0.5, 0.6) is 5.75 Å². The predicted molar refractivity (Wildman–Crippen MR) is 110 cm³/mol. The summed E-state index contributed by atoms with van der Waals surface area (Å²) in [6.45, 7) is 0.200. The van der Waals surface area contributed by atoms with Gasteiger partial charge in [-0.05, 0) is 35.7 Å². The van der Waals surface area contributed by atoms with Gasteiger partial charge in [0.15, 0.2) is 0 Å². The van der Waals surface area contributed by atoms with Crippen LogP contribution in [0, 0.1) is 11.8 Å². The topological polar surface area (TPSA) is 116 Å². The van der Waals surface area contributed by atoms with Crippen molar-refractivity contribution in [2.75, 3.05) is 13.7 Å². The van der Waals surface area contributed by atoms with Gasteiger partial charge in [-0.2, -0.15) is 5.10 Å². The first kappa shape index (κ1) is 18.7. The molecule has 0 radical (unpaired) electrons. The molecular weight excluding hydrogens is 398 g/mol. The van der Waals surface area contributed by atoms with Gasteiger partial charge in [0.2, 0.25) is 5.54 Å². The quantitative estimate of drug-likeness (QED) is 0.438. The Balaban J connectivity index is 1.49. The summed E-state index contributed by atoms with van der Waals surface area (Å²) >= 11 is 0. The van der Waals surface area contributed by atoms with Gasteiger partial charge in [0.25, 0.3) is 11.8 Å². The molecule has 0 aliphatic carbocycles. The molecule has 4 amide bonds. The lowest BCUT2D eigenvalue weighted by atomic mass is 9.99. The highest BCUT2D eigenvalue weighted by atomic mass is 16.5. The first-order valence-electron chi connectivity index (χ1n) is 9.55. The zero-order valence-corrected chi connectivity index (χ0v) is 16.5. The van der Waals surface area contributed by atoms with Crippen LogP contribution in [0.2, 0.25) is 0 Å². The lowest BCUT2D eigenvalue weighted by Crippen LogP contribution is -2.54. The van der Waals surface area contributed by atoms with Crippen molar-refractivity contribution in [1.29, 1.82) is 0 Å². The molecule has 9 nitrogen and oxygen atoms in total. The molecule has 3 N–H and O–H groups in total. The number of rotatable bonds is 3. The summed E-state index contributed by atoms with van der Waals surface area (Å²) in [5.74, 6) is 5.48. The van der Waals surface area contributed by atoms with Crippen molar-refractivity contribution in [3.8, 4) is 17.6 Å². The van der Waals surface area contributed by atoms with E-state index in [1.54, 1.807) is 12.1 Å². The Morgan fingerprint density at radius 2 is 2.03 bits per heavy atom. The van der Waals surface area contributed by atoms with Crippen molar-refractivity contribution in [1.82, 2.24) is 25.7 Å². The van der Waals surface area contributed by atoms with Crippen LogP contribution in [0.15, 0.2) is 42.5 Å². The molecule has 154 valence electrons. The minimum absolute atomic E-state index is 0.101.